The number of H-pyrrole nitrogens is 1. The Morgan fingerprint density at radius 1 is 1.09 bits per heavy atom. The van der Waals surface area contributed by atoms with Crippen molar-refractivity contribution < 1.29 is 9.66 Å². The van der Waals surface area contributed by atoms with E-state index in [0.29, 0.717) is 34.2 Å². The van der Waals surface area contributed by atoms with Gasteiger partial charge in [0, 0.05) is 23.4 Å². The van der Waals surface area contributed by atoms with Gasteiger partial charge in [0.2, 0.25) is 0 Å². The average Bonchev–Trinajstić information content (AvgIpc) is 3.16. The first-order chi connectivity index (χ1) is 15.9. The lowest BCUT2D eigenvalue weighted by Gasteiger charge is -2.05. The predicted molar refractivity (Wildman–Crippen MR) is 126 cm³/mol. The van der Waals surface area contributed by atoms with E-state index in [-0.39, 0.29) is 11.2 Å². The molecule has 0 unspecified atom stereocenters. The number of aromatic nitrogens is 3. The first-order valence-electron chi connectivity index (χ1n) is 10.1. The molecule has 166 valence electrons. The first-order valence-corrected chi connectivity index (χ1v) is 10.1. The van der Waals surface area contributed by atoms with Crippen LogP contribution in [0, 0.1) is 17.0 Å². The van der Waals surface area contributed by atoms with Gasteiger partial charge in [-0.1, -0.05) is 6.07 Å². The van der Waals surface area contributed by atoms with Gasteiger partial charge in [0.05, 0.1) is 34.7 Å². The van der Waals surface area contributed by atoms with E-state index in [9.17, 15) is 14.9 Å². The van der Waals surface area contributed by atoms with Gasteiger partial charge >= 0.3 is 0 Å². The van der Waals surface area contributed by atoms with E-state index in [0.717, 1.165) is 11.3 Å². The van der Waals surface area contributed by atoms with Crippen LogP contribution in [-0.2, 0) is 0 Å². The number of non-ortho nitro benzene ring substituents is 1. The molecule has 2 aromatic carbocycles. The van der Waals surface area contributed by atoms with Gasteiger partial charge in [-0.3, -0.25) is 20.0 Å². The van der Waals surface area contributed by atoms with Crippen molar-refractivity contribution in [3.8, 4) is 22.7 Å². The Morgan fingerprint density at radius 3 is 2.39 bits per heavy atom. The summed E-state index contributed by atoms with van der Waals surface area (Å²) in [6.45, 7) is 3.62. The van der Waals surface area contributed by atoms with Gasteiger partial charge in [0.1, 0.15) is 5.75 Å². The summed E-state index contributed by atoms with van der Waals surface area (Å²) >= 11 is 0. The van der Waals surface area contributed by atoms with Crippen LogP contribution in [0.1, 0.15) is 18.2 Å². The molecule has 1 N–H and O–H groups in total. The Hall–Kier alpha value is -4.53. The van der Waals surface area contributed by atoms with Crippen LogP contribution in [0.15, 0.2) is 76.5 Å². The van der Waals surface area contributed by atoms with E-state index < -0.39 is 4.92 Å². The highest BCUT2D eigenvalue weighted by Gasteiger charge is 2.20. The molecular weight excluding hydrogens is 422 g/mol. The monoisotopic (exact) mass is 443 g/mol. The van der Waals surface area contributed by atoms with E-state index in [1.807, 2.05) is 31.2 Å². The van der Waals surface area contributed by atoms with Gasteiger partial charge in [-0.25, -0.2) is 14.7 Å². The minimum absolute atomic E-state index is 0.0581. The fourth-order valence-corrected chi connectivity index (χ4v) is 3.46. The summed E-state index contributed by atoms with van der Waals surface area (Å²) in [5.41, 5.74) is 3.08. The maximum absolute atomic E-state index is 13.5. The van der Waals surface area contributed by atoms with Gasteiger partial charge in [0.15, 0.2) is 5.82 Å². The van der Waals surface area contributed by atoms with E-state index in [4.69, 9.17) is 4.74 Å². The minimum Gasteiger partial charge on any atom is -0.497 e. The zero-order chi connectivity index (χ0) is 23.5. The average molecular weight is 443 g/mol. The SMILES string of the molecule is COc1ccc(-c2[nH]n(-c3ccc([N+](=O)[O-])cc3)c(=O)c2/C(C)=N\c2cccc(C)n2)cc1. The molecule has 4 aromatic rings. The van der Waals surface area contributed by atoms with Crippen LogP contribution in [-0.4, -0.2) is 32.5 Å². The molecule has 2 aromatic heterocycles. The number of rotatable bonds is 6. The van der Waals surface area contributed by atoms with E-state index in [1.54, 1.807) is 32.2 Å². The second-order valence-corrected chi connectivity index (χ2v) is 7.34. The van der Waals surface area contributed by atoms with Gasteiger partial charge in [-0.2, -0.15) is 0 Å². The molecular formula is C24H21N5O4. The highest BCUT2D eigenvalue weighted by atomic mass is 16.6. The Kier molecular flexibility index (Phi) is 5.86. The number of nitrogens with zero attached hydrogens (tertiary/aromatic N) is 4. The molecule has 0 amide bonds. The van der Waals surface area contributed by atoms with Crippen LogP contribution >= 0.6 is 0 Å². The lowest BCUT2D eigenvalue weighted by molar-refractivity contribution is -0.384. The topological polar surface area (TPSA) is 115 Å². The molecule has 0 atom stereocenters. The number of nitrogens with one attached hydrogen (secondary N) is 1. The van der Waals surface area contributed by atoms with Crippen molar-refractivity contribution in [2.24, 2.45) is 4.99 Å². The zero-order valence-electron chi connectivity index (χ0n) is 18.3. The number of aliphatic imine (C=N–C) groups is 1. The minimum atomic E-state index is -0.485. The van der Waals surface area contributed by atoms with Crippen molar-refractivity contribution in [3.63, 3.8) is 0 Å². The van der Waals surface area contributed by atoms with E-state index in [1.165, 1.54) is 28.9 Å². The fraction of sp³-hybridized carbons (Fsp3) is 0.125. The molecule has 2 heterocycles. The Morgan fingerprint density at radius 2 is 1.79 bits per heavy atom. The fourth-order valence-electron chi connectivity index (χ4n) is 3.46. The number of methoxy groups -OCH3 is 1. The maximum Gasteiger partial charge on any atom is 0.280 e. The number of aromatic amines is 1. The molecule has 0 aliphatic carbocycles. The second-order valence-electron chi connectivity index (χ2n) is 7.34. The van der Waals surface area contributed by atoms with Crippen molar-refractivity contribution in [2.45, 2.75) is 13.8 Å². The number of pyridine rings is 1. The van der Waals surface area contributed by atoms with Crippen LogP contribution < -0.4 is 10.3 Å². The van der Waals surface area contributed by atoms with Crippen molar-refractivity contribution in [3.05, 3.63) is 98.5 Å². The van der Waals surface area contributed by atoms with Crippen LogP contribution in [0.5, 0.6) is 5.75 Å². The molecule has 0 radical (unpaired) electrons. The molecule has 4 rings (SSSR count). The Bertz CT molecular complexity index is 1400. The molecule has 9 heteroatoms. The number of hydrogen-bond donors (Lipinski definition) is 1. The first kappa shape index (κ1) is 21.7. The number of nitro benzene ring substituents is 1. The lowest BCUT2D eigenvalue weighted by Crippen LogP contribution is -2.19. The summed E-state index contributed by atoms with van der Waals surface area (Å²) in [5, 5.41) is 14.1. The molecule has 0 bridgehead atoms. The second kappa shape index (κ2) is 8.91. The van der Waals surface area contributed by atoms with Gasteiger partial charge in [-0.15, -0.1) is 0 Å². The molecule has 0 saturated carbocycles. The highest BCUT2D eigenvalue weighted by molar-refractivity contribution is 6.04. The number of aryl methyl sites for hydroxylation is 1. The molecule has 9 nitrogen and oxygen atoms in total. The van der Waals surface area contributed by atoms with E-state index >= 15 is 0 Å². The Balaban J connectivity index is 1.89. The standard InChI is InChI=1S/C24H21N5O4/c1-15-5-4-6-21(25-15)26-16(2)22-23(17-7-13-20(33-3)14-8-17)27-28(24(22)30)18-9-11-19(12-10-18)29(31)32/h4-14,27H,1-3H3/b26-16-. The maximum atomic E-state index is 13.5. The van der Waals surface area contributed by atoms with Crippen molar-refractivity contribution in [1.29, 1.82) is 0 Å². The molecule has 33 heavy (non-hydrogen) atoms. The van der Waals surface area contributed by atoms with E-state index in [2.05, 4.69) is 15.1 Å². The summed E-state index contributed by atoms with van der Waals surface area (Å²) in [6.07, 6.45) is 0. The van der Waals surface area contributed by atoms with Gasteiger partial charge in [-0.05, 0) is 62.4 Å². The smallest absolute Gasteiger partial charge is 0.280 e. The van der Waals surface area contributed by atoms with Crippen molar-refractivity contribution in [2.75, 3.05) is 7.11 Å². The molecule has 0 aliphatic heterocycles. The third-order valence-electron chi connectivity index (χ3n) is 5.11. The van der Waals surface area contributed by atoms with Crippen LogP contribution in [0.4, 0.5) is 11.5 Å². The number of ether oxygens (including phenoxy) is 1. The largest absolute Gasteiger partial charge is 0.497 e. The third kappa shape index (κ3) is 4.42. The third-order valence-corrected chi connectivity index (χ3v) is 5.11. The molecule has 0 spiro atoms. The number of hydrogen-bond acceptors (Lipinski definition) is 6. The Labute approximate surface area is 189 Å². The zero-order valence-corrected chi connectivity index (χ0v) is 18.3. The van der Waals surface area contributed by atoms with Crippen LogP contribution in [0.3, 0.4) is 0 Å². The lowest BCUT2D eigenvalue weighted by atomic mass is 10.0. The normalized spacial score (nSPS) is 11.4. The number of nitro groups is 1. The highest BCUT2D eigenvalue weighted by Crippen LogP contribution is 2.25. The summed E-state index contributed by atoms with van der Waals surface area (Å²) in [6, 6.07) is 18.5. The van der Waals surface area contributed by atoms with Crippen molar-refractivity contribution in [1.82, 2.24) is 14.8 Å². The predicted octanol–water partition coefficient (Wildman–Crippen LogP) is 4.59. The van der Waals surface area contributed by atoms with Crippen LogP contribution in [0.25, 0.3) is 16.9 Å². The summed E-state index contributed by atoms with van der Waals surface area (Å²) < 4.78 is 6.59. The summed E-state index contributed by atoms with van der Waals surface area (Å²) in [7, 11) is 1.58. The van der Waals surface area contributed by atoms with Gasteiger partial charge < -0.3 is 4.74 Å². The summed E-state index contributed by atoms with van der Waals surface area (Å²) in [4.78, 5) is 33.0. The van der Waals surface area contributed by atoms with Gasteiger partial charge in [0.25, 0.3) is 11.2 Å². The summed E-state index contributed by atoms with van der Waals surface area (Å²) in [5.74, 6) is 1.18. The molecule has 0 aliphatic rings. The number of benzene rings is 2. The molecule has 0 saturated heterocycles. The van der Waals surface area contributed by atoms with Crippen LogP contribution in [0.2, 0.25) is 0 Å². The quantitative estimate of drug-likeness (QED) is 0.266. The van der Waals surface area contributed by atoms with Crippen molar-refractivity contribution >= 4 is 17.2 Å². The molecule has 0 fully saturated rings.